The number of rotatable bonds is 6. The molecule has 0 unspecified atom stereocenters. The Morgan fingerprint density at radius 1 is 1.25 bits per heavy atom. The Bertz CT molecular complexity index is 1190. The molecule has 4 heterocycles. The average Bonchev–Trinajstić information content (AvgIpc) is 2.77. The number of pyridine rings is 1. The van der Waals surface area contributed by atoms with E-state index >= 15 is 0 Å². The number of ether oxygens (including phenoxy) is 1. The highest BCUT2D eigenvalue weighted by atomic mass is 16.5. The summed E-state index contributed by atoms with van der Waals surface area (Å²) < 4.78 is 5.95. The molecule has 1 fully saturated rings. The fraction of sp³-hybridized carbons (Fsp3) is 0.318. The molecule has 3 amide bonds. The van der Waals surface area contributed by atoms with Gasteiger partial charge in [-0.15, -0.1) is 0 Å². The highest BCUT2D eigenvalue weighted by Gasteiger charge is 2.30. The van der Waals surface area contributed by atoms with E-state index in [1.54, 1.807) is 30.3 Å². The lowest BCUT2D eigenvalue weighted by molar-refractivity contribution is 0.0144. The fourth-order valence-corrected chi connectivity index (χ4v) is 4.09. The van der Waals surface area contributed by atoms with Gasteiger partial charge in [-0.05, 0) is 36.8 Å². The molecule has 1 saturated heterocycles. The zero-order valence-corrected chi connectivity index (χ0v) is 17.8. The Balaban J connectivity index is 1.24. The first-order chi connectivity index (χ1) is 15.6. The van der Waals surface area contributed by atoms with Gasteiger partial charge in [0.1, 0.15) is 29.7 Å². The first-order valence-electron chi connectivity index (χ1n) is 10.5. The van der Waals surface area contributed by atoms with Gasteiger partial charge in [-0.25, -0.2) is 19.7 Å². The first-order valence-corrected chi connectivity index (χ1v) is 10.5. The summed E-state index contributed by atoms with van der Waals surface area (Å²) in [4.78, 5) is 40.7. The number of likely N-dealkylation sites (tertiary alicyclic amines) is 1. The van der Waals surface area contributed by atoms with Gasteiger partial charge in [0.25, 0.3) is 5.91 Å². The summed E-state index contributed by atoms with van der Waals surface area (Å²) in [6.45, 7) is 4.73. The number of hydrogen-bond acceptors (Lipinski definition) is 7. The van der Waals surface area contributed by atoms with E-state index < -0.39 is 0 Å². The Morgan fingerprint density at radius 2 is 2.09 bits per heavy atom. The van der Waals surface area contributed by atoms with Crippen LogP contribution in [0.25, 0.3) is 10.9 Å². The lowest BCUT2D eigenvalue weighted by atomic mass is 10.0. The Morgan fingerprint density at radius 3 is 2.81 bits per heavy atom. The van der Waals surface area contributed by atoms with Crippen LogP contribution in [0, 0.1) is 0 Å². The molecule has 2 aliphatic heterocycles. The number of aromatic nitrogens is 3. The molecule has 2 N–H and O–H groups in total. The van der Waals surface area contributed by atoms with E-state index in [1.807, 2.05) is 19.1 Å². The number of carbonyl (C=O) groups excluding carboxylic acids is 2. The molecule has 2 aliphatic rings. The highest BCUT2D eigenvalue weighted by molar-refractivity contribution is 6.17. The van der Waals surface area contributed by atoms with Gasteiger partial charge in [0, 0.05) is 33.2 Å². The summed E-state index contributed by atoms with van der Waals surface area (Å²) in [5.74, 6) is 1.07. The molecule has 10 nitrogen and oxygen atoms in total. The molecule has 0 atom stereocenters. The molecule has 2 aromatic heterocycles. The van der Waals surface area contributed by atoms with Gasteiger partial charge in [-0.3, -0.25) is 14.6 Å². The van der Waals surface area contributed by atoms with Crippen LogP contribution >= 0.6 is 0 Å². The number of carbonyl (C=O) groups is 2. The molecule has 0 radical (unpaired) electrons. The Kier molecular flexibility index (Phi) is 5.06. The summed E-state index contributed by atoms with van der Waals surface area (Å²) in [6.07, 6.45) is 3.14. The third kappa shape index (κ3) is 3.58. The molecule has 5 rings (SSSR count). The smallest absolute Gasteiger partial charge is 0.327 e. The Labute approximate surface area is 184 Å². The van der Waals surface area contributed by atoms with Crippen LogP contribution < -0.4 is 20.3 Å². The average molecular weight is 433 g/mol. The number of urea groups is 1. The van der Waals surface area contributed by atoms with Crippen molar-refractivity contribution in [3.05, 3.63) is 48.0 Å². The highest BCUT2D eigenvalue weighted by Crippen LogP contribution is 2.35. The molecule has 0 spiro atoms. The van der Waals surface area contributed by atoms with E-state index in [4.69, 9.17) is 4.74 Å². The van der Waals surface area contributed by atoms with Gasteiger partial charge in [0.05, 0.1) is 22.8 Å². The molecule has 1 aromatic carbocycles. The van der Waals surface area contributed by atoms with Crippen molar-refractivity contribution < 1.29 is 14.3 Å². The maximum Gasteiger partial charge on any atom is 0.327 e. The summed E-state index contributed by atoms with van der Waals surface area (Å²) in [7, 11) is 1.57. The van der Waals surface area contributed by atoms with Crippen molar-refractivity contribution in [1.82, 2.24) is 25.2 Å². The second-order valence-corrected chi connectivity index (χ2v) is 7.80. The summed E-state index contributed by atoms with van der Waals surface area (Å²) in [6, 6.07) is 7.27. The third-order valence-electron chi connectivity index (χ3n) is 5.67. The lowest BCUT2D eigenvalue weighted by Gasteiger charge is -2.39. The third-order valence-corrected chi connectivity index (χ3v) is 5.67. The minimum absolute atomic E-state index is 0.0632. The lowest BCUT2D eigenvalue weighted by Crippen LogP contribution is -2.53. The first kappa shape index (κ1) is 20.1. The predicted octanol–water partition coefficient (Wildman–Crippen LogP) is 2.02. The number of nitrogens with zero attached hydrogens (tertiary/aromatic N) is 5. The second kappa shape index (κ2) is 8.04. The monoisotopic (exact) mass is 433 g/mol. The SMILES string of the molecule is CCN1C(=O)Nc2cc(CN3CC(Oc4ccc(C(=O)NC)nc4)C3)cc3ncnc1c23. The quantitative estimate of drug-likeness (QED) is 0.612. The van der Waals surface area contributed by atoms with Crippen LogP contribution in [0.5, 0.6) is 5.75 Å². The van der Waals surface area contributed by atoms with Gasteiger partial charge in [0.2, 0.25) is 0 Å². The minimum Gasteiger partial charge on any atom is -0.486 e. The van der Waals surface area contributed by atoms with Gasteiger partial charge in [0.15, 0.2) is 0 Å². The zero-order valence-electron chi connectivity index (χ0n) is 17.8. The van der Waals surface area contributed by atoms with Crippen molar-refractivity contribution in [2.75, 3.05) is 36.9 Å². The fourth-order valence-electron chi connectivity index (χ4n) is 4.09. The Hall–Kier alpha value is -3.79. The summed E-state index contributed by atoms with van der Waals surface area (Å²) >= 11 is 0. The molecule has 0 saturated carbocycles. The normalized spacial score (nSPS) is 15.9. The predicted molar refractivity (Wildman–Crippen MR) is 119 cm³/mol. The number of nitrogens with one attached hydrogen (secondary N) is 2. The molecular formula is C22H23N7O3. The summed E-state index contributed by atoms with van der Waals surface area (Å²) in [5, 5.41) is 6.38. The molecule has 164 valence electrons. The van der Waals surface area contributed by atoms with Crippen molar-refractivity contribution >= 4 is 34.3 Å². The van der Waals surface area contributed by atoms with Crippen LogP contribution in [0.3, 0.4) is 0 Å². The van der Waals surface area contributed by atoms with Crippen molar-refractivity contribution in [2.24, 2.45) is 0 Å². The van der Waals surface area contributed by atoms with Crippen LogP contribution in [0.1, 0.15) is 23.0 Å². The van der Waals surface area contributed by atoms with Gasteiger partial charge < -0.3 is 15.4 Å². The van der Waals surface area contributed by atoms with E-state index in [1.165, 1.54) is 6.33 Å². The van der Waals surface area contributed by atoms with E-state index in [0.717, 1.165) is 41.8 Å². The standard InChI is InChI=1S/C22H23N7O3/c1-3-29-20-19-17(25-12-26-20)6-13(7-18(19)27-22(29)31)9-28-10-15(11-28)32-14-4-5-16(24-8-14)21(30)23-2/h4-8,12,15H,3,9-11H2,1-2H3,(H,23,30)(H,27,31). The van der Waals surface area contributed by atoms with Crippen LogP contribution in [0.4, 0.5) is 16.3 Å². The number of hydrogen-bond donors (Lipinski definition) is 2. The largest absolute Gasteiger partial charge is 0.486 e. The molecule has 32 heavy (non-hydrogen) atoms. The van der Waals surface area contributed by atoms with Crippen LogP contribution in [0.2, 0.25) is 0 Å². The van der Waals surface area contributed by atoms with Gasteiger partial charge in [-0.1, -0.05) is 0 Å². The number of benzene rings is 1. The molecule has 0 aliphatic carbocycles. The van der Waals surface area contributed by atoms with Crippen molar-refractivity contribution in [3.63, 3.8) is 0 Å². The molecule has 0 bridgehead atoms. The van der Waals surface area contributed by atoms with Crippen molar-refractivity contribution in [3.8, 4) is 5.75 Å². The number of anilines is 2. The maximum absolute atomic E-state index is 12.4. The van der Waals surface area contributed by atoms with Crippen molar-refractivity contribution in [2.45, 2.75) is 19.6 Å². The maximum atomic E-state index is 12.4. The van der Waals surface area contributed by atoms with Crippen LogP contribution in [-0.2, 0) is 6.54 Å². The molecule has 10 heteroatoms. The number of amides is 3. The summed E-state index contributed by atoms with van der Waals surface area (Å²) in [5.41, 5.74) is 2.99. The van der Waals surface area contributed by atoms with Gasteiger partial charge >= 0.3 is 6.03 Å². The van der Waals surface area contributed by atoms with Crippen LogP contribution in [0.15, 0.2) is 36.8 Å². The van der Waals surface area contributed by atoms with E-state index in [-0.39, 0.29) is 18.0 Å². The molecular weight excluding hydrogens is 410 g/mol. The minimum atomic E-state index is -0.225. The van der Waals surface area contributed by atoms with E-state index in [9.17, 15) is 9.59 Å². The topological polar surface area (TPSA) is 113 Å². The molecule has 3 aromatic rings. The second-order valence-electron chi connectivity index (χ2n) is 7.80. The van der Waals surface area contributed by atoms with Gasteiger partial charge in [-0.2, -0.15) is 0 Å². The van der Waals surface area contributed by atoms with Crippen LogP contribution in [-0.4, -0.2) is 64.6 Å². The van der Waals surface area contributed by atoms with E-state index in [0.29, 0.717) is 23.8 Å². The van der Waals surface area contributed by atoms with E-state index in [2.05, 4.69) is 30.5 Å². The zero-order chi connectivity index (χ0) is 22.2. The van der Waals surface area contributed by atoms with Crippen molar-refractivity contribution in [1.29, 1.82) is 0 Å².